The molecule has 2 N–H and O–H groups in total. The maximum absolute atomic E-state index is 12.9. The topological polar surface area (TPSA) is 90.3 Å². The molecule has 7 nitrogen and oxygen atoms in total. The SMILES string of the molecule is COc1ccc(Cl)cc1C(=O)N1CCCN(C(=O)c2cc(O)cc(O)c2)CC1. The molecule has 2 aromatic rings. The summed E-state index contributed by atoms with van der Waals surface area (Å²) in [5.41, 5.74) is 0.585. The lowest BCUT2D eigenvalue weighted by Crippen LogP contribution is -2.37. The second-order valence-electron chi connectivity index (χ2n) is 6.52. The maximum Gasteiger partial charge on any atom is 0.257 e. The number of ether oxygens (including phenoxy) is 1. The van der Waals surface area contributed by atoms with Gasteiger partial charge in [-0.25, -0.2) is 0 Å². The van der Waals surface area contributed by atoms with E-state index >= 15 is 0 Å². The number of carbonyl (C=O) groups is 2. The van der Waals surface area contributed by atoms with E-state index in [1.54, 1.807) is 28.0 Å². The number of carbonyl (C=O) groups excluding carboxylic acids is 2. The number of halogens is 1. The van der Waals surface area contributed by atoms with Crippen molar-refractivity contribution in [2.45, 2.75) is 6.42 Å². The summed E-state index contributed by atoms with van der Waals surface area (Å²) < 4.78 is 5.27. The first-order valence-electron chi connectivity index (χ1n) is 8.84. The fourth-order valence-corrected chi connectivity index (χ4v) is 3.41. The summed E-state index contributed by atoms with van der Waals surface area (Å²) in [7, 11) is 1.49. The van der Waals surface area contributed by atoms with Gasteiger partial charge in [-0.05, 0) is 36.8 Å². The van der Waals surface area contributed by atoms with Gasteiger partial charge in [0.1, 0.15) is 17.2 Å². The molecule has 1 saturated heterocycles. The monoisotopic (exact) mass is 404 g/mol. The summed E-state index contributed by atoms with van der Waals surface area (Å²) in [6, 6.07) is 8.67. The molecule has 1 aliphatic rings. The molecule has 8 heteroatoms. The van der Waals surface area contributed by atoms with Crippen LogP contribution in [0.2, 0.25) is 5.02 Å². The van der Waals surface area contributed by atoms with Crippen LogP contribution >= 0.6 is 11.6 Å². The van der Waals surface area contributed by atoms with Crippen molar-refractivity contribution in [1.29, 1.82) is 0 Å². The van der Waals surface area contributed by atoms with Gasteiger partial charge < -0.3 is 24.7 Å². The van der Waals surface area contributed by atoms with E-state index in [0.717, 1.165) is 6.07 Å². The minimum atomic E-state index is -0.305. The molecule has 0 spiro atoms. The van der Waals surface area contributed by atoms with E-state index in [-0.39, 0.29) is 28.9 Å². The Bertz CT molecular complexity index is 882. The van der Waals surface area contributed by atoms with E-state index in [1.165, 1.54) is 19.2 Å². The minimum absolute atomic E-state index is 0.178. The Morgan fingerprint density at radius 3 is 2.14 bits per heavy atom. The number of nitrogens with zero attached hydrogens (tertiary/aromatic N) is 2. The average molecular weight is 405 g/mol. The van der Waals surface area contributed by atoms with Crippen LogP contribution in [0.4, 0.5) is 0 Å². The van der Waals surface area contributed by atoms with Gasteiger partial charge in [0.25, 0.3) is 11.8 Å². The number of methoxy groups -OCH3 is 1. The molecule has 148 valence electrons. The van der Waals surface area contributed by atoms with Crippen LogP contribution in [0.15, 0.2) is 36.4 Å². The first kappa shape index (κ1) is 19.8. The standard InChI is InChI=1S/C20H21ClN2O5/c1-28-18-4-3-14(21)11-17(18)20(27)23-6-2-5-22(7-8-23)19(26)13-9-15(24)12-16(25)10-13/h3-4,9-12,24-25H,2,5-8H2,1H3. The maximum atomic E-state index is 12.9. The molecule has 0 saturated carbocycles. The van der Waals surface area contributed by atoms with Crippen LogP contribution < -0.4 is 4.74 Å². The van der Waals surface area contributed by atoms with Crippen LogP contribution in [0.25, 0.3) is 0 Å². The van der Waals surface area contributed by atoms with Gasteiger partial charge in [-0.2, -0.15) is 0 Å². The minimum Gasteiger partial charge on any atom is -0.508 e. The highest BCUT2D eigenvalue weighted by atomic mass is 35.5. The van der Waals surface area contributed by atoms with E-state index in [9.17, 15) is 19.8 Å². The third-order valence-electron chi connectivity index (χ3n) is 4.61. The van der Waals surface area contributed by atoms with E-state index in [2.05, 4.69) is 0 Å². The van der Waals surface area contributed by atoms with Crippen molar-refractivity contribution in [1.82, 2.24) is 9.80 Å². The zero-order chi connectivity index (χ0) is 20.3. The Labute approximate surface area is 167 Å². The third-order valence-corrected chi connectivity index (χ3v) is 4.85. The van der Waals surface area contributed by atoms with Gasteiger partial charge in [-0.1, -0.05) is 11.6 Å². The number of benzene rings is 2. The summed E-state index contributed by atoms with van der Waals surface area (Å²) in [5.74, 6) is -0.419. The van der Waals surface area contributed by atoms with Gasteiger partial charge in [0.15, 0.2) is 0 Å². The van der Waals surface area contributed by atoms with E-state index in [0.29, 0.717) is 48.9 Å². The first-order chi connectivity index (χ1) is 13.4. The highest BCUT2D eigenvalue weighted by molar-refractivity contribution is 6.31. The van der Waals surface area contributed by atoms with Crippen molar-refractivity contribution < 1.29 is 24.5 Å². The van der Waals surface area contributed by atoms with Crippen molar-refractivity contribution >= 4 is 23.4 Å². The van der Waals surface area contributed by atoms with Crippen molar-refractivity contribution in [3.8, 4) is 17.2 Å². The normalized spacial score (nSPS) is 14.5. The Hall–Kier alpha value is -2.93. The van der Waals surface area contributed by atoms with E-state index in [4.69, 9.17) is 16.3 Å². The average Bonchev–Trinajstić information content (AvgIpc) is 2.92. The third kappa shape index (κ3) is 4.31. The Balaban J connectivity index is 1.73. The molecule has 0 atom stereocenters. The zero-order valence-electron chi connectivity index (χ0n) is 15.4. The van der Waals surface area contributed by atoms with Crippen LogP contribution in [0.3, 0.4) is 0 Å². The number of amides is 2. The number of hydrogen-bond donors (Lipinski definition) is 2. The lowest BCUT2D eigenvalue weighted by Gasteiger charge is -2.23. The zero-order valence-corrected chi connectivity index (χ0v) is 16.1. The van der Waals surface area contributed by atoms with Crippen LogP contribution in [0.1, 0.15) is 27.1 Å². The largest absolute Gasteiger partial charge is 0.508 e. The Morgan fingerprint density at radius 1 is 0.929 bits per heavy atom. The predicted octanol–water partition coefficient (Wildman–Crippen LogP) is 2.75. The van der Waals surface area contributed by atoms with Gasteiger partial charge in [-0.15, -0.1) is 0 Å². The molecule has 2 aromatic carbocycles. The number of phenolic OH excluding ortho intramolecular Hbond substituents is 2. The van der Waals surface area contributed by atoms with E-state index < -0.39 is 0 Å². The lowest BCUT2D eigenvalue weighted by molar-refractivity contribution is 0.0716. The summed E-state index contributed by atoms with van der Waals surface area (Å²) >= 11 is 6.03. The van der Waals surface area contributed by atoms with Crippen molar-refractivity contribution in [2.75, 3.05) is 33.3 Å². The van der Waals surface area contributed by atoms with Crippen molar-refractivity contribution in [3.05, 3.63) is 52.5 Å². The fourth-order valence-electron chi connectivity index (χ4n) is 3.24. The Morgan fingerprint density at radius 2 is 1.54 bits per heavy atom. The lowest BCUT2D eigenvalue weighted by atomic mass is 10.1. The molecule has 0 bridgehead atoms. The molecule has 0 aromatic heterocycles. The second-order valence-corrected chi connectivity index (χ2v) is 6.96. The highest BCUT2D eigenvalue weighted by Gasteiger charge is 2.25. The summed E-state index contributed by atoms with van der Waals surface area (Å²) in [6.07, 6.45) is 0.602. The number of aromatic hydroxyl groups is 2. The van der Waals surface area contributed by atoms with Crippen LogP contribution in [-0.2, 0) is 0 Å². The fraction of sp³-hybridized carbons (Fsp3) is 0.300. The molecule has 1 heterocycles. The van der Waals surface area contributed by atoms with Crippen molar-refractivity contribution in [3.63, 3.8) is 0 Å². The quantitative estimate of drug-likeness (QED) is 0.820. The molecule has 3 rings (SSSR count). The van der Waals surface area contributed by atoms with Gasteiger partial charge in [0, 0.05) is 42.8 Å². The van der Waals surface area contributed by atoms with Gasteiger partial charge >= 0.3 is 0 Å². The molecule has 1 fully saturated rings. The van der Waals surface area contributed by atoms with Crippen molar-refractivity contribution in [2.24, 2.45) is 0 Å². The first-order valence-corrected chi connectivity index (χ1v) is 9.22. The summed E-state index contributed by atoms with van der Waals surface area (Å²) in [5, 5.41) is 19.7. The van der Waals surface area contributed by atoms with E-state index in [1.807, 2.05) is 0 Å². The van der Waals surface area contributed by atoms with Crippen LogP contribution in [-0.4, -0.2) is 65.1 Å². The smallest absolute Gasteiger partial charge is 0.257 e. The number of phenols is 2. The van der Waals surface area contributed by atoms with Gasteiger partial charge in [0.05, 0.1) is 12.7 Å². The van der Waals surface area contributed by atoms with Crippen LogP contribution in [0.5, 0.6) is 17.2 Å². The molecule has 0 unspecified atom stereocenters. The summed E-state index contributed by atoms with van der Waals surface area (Å²) in [6.45, 7) is 1.64. The molecular weight excluding hydrogens is 384 g/mol. The Kier molecular flexibility index (Phi) is 5.94. The number of rotatable bonds is 3. The van der Waals surface area contributed by atoms with Gasteiger partial charge in [0.2, 0.25) is 0 Å². The van der Waals surface area contributed by atoms with Gasteiger partial charge in [-0.3, -0.25) is 9.59 Å². The molecule has 1 aliphatic heterocycles. The number of hydrogen-bond acceptors (Lipinski definition) is 5. The molecule has 2 amide bonds. The van der Waals surface area contributed by atoms with Crippen LogP contribution in [0, 0.1) is 0 Å². The predicted molar refractivity (Wildman–Crippen MR) is 104 cm³/mol. The highest BCUT2D eigenvalue weighted by Crippen LogP contribution is 2.25. The molecule has 0 aliphatic carbocycles. The second kappa shape index (κ2) is 8.39. The molecular formula is C20H21ClN2O5. The molecule has 28 heavy (non-hydrogen) atoms. The molecule has 0 radical (unpaired) electrons. The summed E-state index contributed by atoms with van der Waals surface area (Å²) in [4.78, 5) is 28.9.